The van der Waals surface area contributed by atoms with Crippen LogP contribution < -0.4 is 0 Å². The van der Waals surface area contributed by atoms with Gasteiger partial charge in [0.1, 0.15) is 5.82 Å². The first-order valence-corrected chi connectivity index (χ1v) is 11.1. The minimum Gasteiger partial charge on any atom is -0.478 e. The lowest BCUT2D eigenvalue weighted by atomic mass is 9.89. The fourth-order valence-electron chi connectivity index (χ4n) is 4.32. The van der Waals surface area contributed by atoms with Crippen molar-refractivity contribution in [2.75, 3.05) is 0 Å². The summed E-state index contributed by atoms with van der Waals surface area (Å²) in [5, 5.41) is 14.3. The van der Waals surface area contributed by atoms with Crippen LogP contribution in [0.3, 0.4) is 0 Å². The molecule has 1 fully saturated rings. The van der Waals surface area contributed by atoms with E-state index in [1.165, 1.54) is 32.1 Å². The Morgan fingerprint density at radius 1 is 1.10 bits per heavy atom. The summed E-state index contributed by atoms with van der Waals surface area (Å²) >= 11 is 0. The van der Waals surface area contributed by atoms with Gasteiger partial charge in [-0.2, -0.15) is 5.10 Å². The maximum absolute atomic E-state index is 11.5. The zero-order valence-corrected chi connectivity index (χ0v) is 18.0. The zero-order chi connectivity index (χ0) is 21.6. The lowest BCUT2D eigenvalue weighted by Crippen LogP contribution is -2.07. The van der Waals surface area contributed by atoms with E-state index in [0.717, 1.165) is 34.9 Å². The Morgan fingerprint density at radius 2 is 1.84 bits per heavy atom. The molecule has 1 N–H and O–H groups in total. The van der Waals surface area contributed by atoms with E-state index in [2.05, 4.69) is 18.2 Å². The third-order valence-electron chi connectivity index (χ3n) is 6.03. The van der Waals surface area contributed by atoms with Crippen molar-refractivity contribution in [3.63, 3.8) is 0 Å². The third-order valence-corrected chi connectivity index (χ3v) is 6.03. The van der Waals surface area contributed by atoms with Crippen LogP contribution in [0.25, 0.3) is 11.1 Å². The molecule has 1 heterocycles. The molecule has 0 saturated heterocycles. The van der Waals surface area contributed by atoms with Crippen molar-refractivity contribution >= 4 is 5.97 Å². The largest absolute Gasteiger partial charge is 0.478 e. The van der Waals surface area contributed by atoms with Crippen LogP contribution in [0.5, 0.6) is 0 Å². The van der Waals surface area contributed by atoms with E-state index in [1.807, 2.05) is 41.9 Å². The molecule has 0 radical (unpaired) electrons. The number of hydrogen-bond donors (Lipinski definition) is 1. The molecule has 31 heavy (non-hydrogen) atoms. The number of aromatic carboxylic acids is 1. The molecule has 4 rings (SSSR count). The first kappa shape index (κ1) is 21.0. The van der Waals surface area contributed by atoms with E-state index < -0.39 is 5.97 Å². The van der Waals surface area contributed by atoms with Crippen molar-refractivity contribution in [2.24, 2.45) is 0 Å². The van der Waals surface area contributed by atoms with E-state index in [9.17, 15) is 9.90 Å². The molecule has 0 spiro atoms. The van der Waals surface area contributed by atoms with E-state index in [1.54, 1.807) is 12.1 Å². The lowest BCUT2D eigenvalue weighted by molar-refractivity contribution is 0.0697. The van der Waals surface area contributed by atoms with Crippen molar-refractivity contribution in [3.8, 4) is 11.1 Å². The van der Waals surface area contributed by atoms with E-state index in [-0.39, 0.29) is 0 Å². The smallest absolute Gasteiger partial charge is 0.336 e. The zero-order valence-electron chi connectivity index (χ0n) is 18.0. The summed E-state index contributed by atoms with van der Waals surface area (Å²) in [4.78, 5) is 16.5. The molecule has 2 aromatic carbocycles. The Labute approximate surface area is 183 Å². The standard InChI is InChI=1S/C26H29N3O2/c1-2-3-17-29-24(27-25(28-29)21-9-5-4-6-10-21)18-19-13-15-20(16-14-19)22-11-7-8-12-23(22)26(30)31/h2-3,7-8,11-16,21H,4-6,9-10,17-18H2,1H3,(H,30,31)/b3-2+. The molecule has 0 unspecified atom stereocenters. The first-order chi connectivity index (χ1) is 15.2. The average Bonchev–Trinajstić information content (AvgIpc) is 3.21. The highest BCUT2D eigenvalue weighted by Crippen LogP contribution is 2.31. The van der Waals surface area contributed by atoms with Gasteiger partial charge in [0.2, 0.25) is 0 Å². The van der Waals surface area contributed by atoms with Crippen molar-refractivity contribution < 1.29 is 9.90 Å². The summed E-state index contributed by atoms with van der Waals surface area (Å²) in [6.45, 7) is 2.75. The maximum Gasteiger partial charge on any atom is 0.336 e. The van der Waals surface area contributed by atoms with Gasteiger partial charge in [-0.25, -0.2) is 14.5 Å². The number of aromatic nitrogens is 3. The fourth-order valence-corrected chi connectivity index (χ4v) is 4.32. The normalized spacial score (nSPS) is 14.9. The fraction of sp³-hybridized carbons (Fsp3) is 0.346. The van der Waals surface area contributed by atoms with Gasteiger partial charge < -0.3 is 5.11 Å². The van der Waals surface area contributed by atoms with Crippen LogP contribution in [0.15, 0.2) is 60.7 Å². The summed E-state index contributed by atoms with van der Waals surface area (Å²) in [5.74, 6) is 1.55. The highest BCUT2D eigenvalue weighted by Gasteiger charge is 2.21. The van der Waals surface area contributed by atoms with Gasteiger partial charge >= 0.3 is 5.97 Å². The van der Waals surface area contributed by atoms with Gasteiger partial charge in [0.15, 0.2) is 5.82 Å². The summed E-state index contributed by atoms with van der Waals surface area (Å²) < 4.78 is 2.03. The molecule has 1 aliphatic rings. The highest BCUT2D eigenvalue weighted by atomic mass is 16.4. The van der Waals surface area contributed by atoms with Crippen LogP contribution in [-0.2, 0) is 13.0 Å². The number of carboxylic acids is 1. The van der Waals surface area contributed by atoms with Gasteiger partial charge in [0.05, 0.1) is 12.1 Å². The molecule has 160 valence electrons. The quantitative estimate of drug-likeness (QED) is 0.491. The van der Waals surface area contributed by atoms with Crippen LogP contribution in [0.4, 0.5) is 0 Å². The van der Waals surface area contributed by atoms with Gasteiger partial charge in [-0.15, -0.1) is 0 Å². The van der Waals surface area contributed by atoms with Crippen LogP contribution in [0.2, 0.25) is 0 Å². The summed E-state index contributed by atoms with van der Waals surface area (Å²) in [7, 11) is 0. The van der Waals surface area contributed by atoms with Gasteiger partial charge in [0.25, 0.3) is 0 Å². The van der Waals surface area contributed by atoms with Gasteiger partial charge in [0, 0.05) is 12.3 Å². The molecule has 1 saturated carbocycles. The van der Waals surface area contributed by atoms with Crippen molar-refractivity contribution in [1.29, 1.82) is 0 Å². The number of nitrogens with zero attached hydrogens (tertiary/aromatic N) is 3. The molecular weight excluding hydrogens is 386 g/mol. The predicted octanol–water partition coefficient (Wildman–Crippen LogP) is 5.86. The van der Waals surface area contributed by atoms with Crippen LogP contribution in [0.1, 0.15) is 72.5 Å². The maximum atomic E-state index is 11.5. The molecule has 5 nitrogen and oxygen atoms in total. The SMILES string of the molecule is C/C=C/Cn1nc(C2CCCCC2)nc1Cc1ccc(-c2ccccc2C(=O)O)cc1. The molecular formula is C26H29N3O2. The number of rotatable bonds is 7. The van der Waals surface area contributed by atoms with Gasteiger partial charge in [-0.05, 0) is 42.5 Å². The molecule has 0 aliphatic heterocycles. The van der Waals surface area contributed by atoms with Crippen LogP contribution in [0, 0.1) is 0 Å². The lowest BCUT2D eigenvalue weighted by Gasteiger charge is -2.18. The van der Waals surface area contributed by atoms with E-state index >= 15 is 0 Å². The Hall–Kier alpha value is -3.21. The Morgan fingerprint density at radius 3 is 2.55 bits per heavy atom. The van der Waals surface area contributed by atoms with Crippen molar-refractivity contribution in [1.82, 2.24) is 14.8 Å². The predicted molar refractivity (Wildman–Crippen MR) is 122 cm³/mol. The molecule has 5 heteroatoms. The Balaban J connectivity index is 1.57. The molecule has 1 aromatic heterocycles. The summed E-state index contributed by atoms with van der Waals surface area (Å²) in [6, 6.07) is 15.2. The Bertz CT molecular complexity index is 1060. The van der Waals surface area contributed by atoms with E-state index in [4.69, 9.17) is 10.1 Å². The second kappa shape index (κ2) is 9.73. The van der Waals surface area contributed by atoms with Crippen molar-refractivity contribution in [2.45, 2.75) is 57.9 Å². The van der Waals surface area contributed by atoms with Gasteiger partial charge in [-0.1, -0.05) is 73.9 Å². The molecule has 0 amide bonds. The highest BCUT2D eigenvalue weighted by molar-refractivity contribution is 5.95. The summed E-state index contributed by atoms with van der Waals surface area (Å²) in [5.41, 5.74) is 3.09. The second-order valence-corrected chi connectivity index (χ2v) is 8.20. The van der Waals surface area contributed by atoms with Crippen LogP contribution in [-0.4, -0.2) is 25.8 Å². The molecule has 3 aromatic rings. The molecule has 0 bridgehead atoms. The van der Waals surface area contributed by atoms with Crippen molar-refractivity contribution in [3.05, 3.63) is 83.5 Å². The number of carbonyl (C=O) groups is 1. The molecule has 0 atom stereocenters. The van der Waals surface area contributed by atoms with Gasteiger partial charge in [-0.3, -0.25) is 0 Å². The third kappa shape index (κ3) is 4.93. The Kier molecular flexibility index (Phi) is 6.60. The second-order valence-electron chi connectivity index (χ2n) is 8.20. The van der Waals surface area contributed by atoms with Crippen LogP contribution >= 0.6 is 0 Å². The number of carboxylic acid groups (broad SMARTS) is 1. The number of allylic oxidation sites excluding steroid dienone is 2. The minimum atomic E-state index is -0.910. The monoisotopic (exact) mass is 415 g/mol. The summed E-state index contributed by atoms with van der Waals surface area (Å²) in [6.07, 6.45) is 11.1. The number of hydrogen-bond acceptors (Lipinski definition) is 3. The minimum absolute atomic E-state index is 0.318. The molecule has 1 aliphatic carbocycles. The average molecular weight is 416 g/mol. The topological polar surface area (TPSA) is 68.0 Å². The van der Waals surface area contributed by atoms with E-state index in [0.29, 0.717) is 17.9 Å². The first-order valence-electron chi connectivity index (χ1n) is 11.1. The number of benzene rings is 2.